The van der Waals surface area contributed by atoms with Gasteiger partial charge in [0.15, 0.2) is 5.82 Å². The number of benzene rings is 1. The first kappa shape index (κ1) is 15.5. The van der Waals surface area contributed by atoms with Gasteiger partial charge in [-0.1, -0.05) is 11.6 Å². The predicted molar refractivity (Wildman–Crippen MR) is 90.6 cm³/mol. The van der Waals surface area contributed by atoms with Crippen molar-refractivity contribution in [3.63, 3.8) is 0 Å². The van der Waals surface area contributed by atoms with Gasteiger partial charge in [-0.05, 0) is 37.1 Å². The minimum absolute atomic E-state index is 0.0972. The van der Waals surface area contributed by atoms with E-state index in [0.29, 0.717) is 30.5 Å². The number of ether oxygens (including phenoxy) is 1. The zero-order valence-corrected chi connectivity index (χ0v) is 14.0. The summed E-state index contributed by atoms with van der Waals surface area (Å²) in [6, 6.07) is 7.50. The molecule has 1 atom stereocenters. The van der Waals surface area contributed by atoms with Crippen LogP contribution in [0.5, 0.6) is 0 Å². The van der Waals surface area contributed by atoms with E-state index in [9.17, 15) is 4.79 Å². The van der Waals surface area contributed by atoms with Gasteiger partial charge in [0.2, 0.25) is 0 Å². The molecule has 0 N–H and O–H groups in total. The van der Waals surface area contributed by atoms with Gasteiger partial charge >= 0.3 is 0 Å². The lowest BCUT2D eigenvalue weighted by Crippen LogP contribution is -2.42. The highest BCUT2D eigenvalue weighted by Gasteiger charge is 2.30. The van der Waals surface area contributed by atoms with Gasteiger partial charge < -0.3 is 9.64 Å². The number of amides is 1. The zero-order valence-electron chi connectivity index (χ0n) is 13.2. The summed E-state index contributed by atoms with van der Waals surface area (Å²) in [4.78, 5) is 23.5. The number of nitrogens with zero attached hydrogens (tertiary/aromatic N) is 3. The van der Waals surface area contributed by atoms with Gasteiger partial charge in [-0.3, -0.25) is 4.79 Å². The summed E-state index contributed by atoms with van der Waals surface area (Å²) in [5.41, 5.74) is 2.98. The van der Waals surface area contributed by atoms with Crippen molar-refractivity contribution in [3.05, 3.63) is 46.7 Å². The van der Waals surface area contributed by atoms with E-state index in [0.717, 1.165) is 36.1 Å². The van der Waals surface area contributed by atoms with Crippen LogP contribution >= 0.6 is 11.6 Å². The molecular weight excluding hydrogens is 326 g/mol. The molecule has 5 nitrogen and oxygen atoms in total. The molecule has 1 amide bonds. The van der Waals surface area contributed by atoms with Crippen molar-refractivity contribution in [2.24, 2.45) is 0 Å². The maximum atomic E-state index is 12.5. The van der Waals surface area contributed by atoms with Gasteiger partial charge in [0.25, 0.3) is 5.91 Å². The van der Waals surface area contributed by atoms with Gasteiger partial charge in [-0.2, -0.15) is 0 Å². The van der Waals surface area contributed by atoms with Crippen LogP contribution in [0.3, 0.4) is 0 Å². The minimum atomic E-state index is -0.263. The third kappa shape index (κ3) is 3.01. The van der Waals surface area contributed by atoms with Gasteiger partial charge in [0, 0.05) is 48.5 Å². The summed E-state index contributed by atoms with van der Waals surface area (Å²) in [7, 11) is 0. The monoisotopic (exact) mass is 343 g/mol. The standard InChI is InChI=1S/C18H18ClN3O2/c19-14-5-3-12(4-6-14)17-20-10-13-11-22(8-7-15(13)21-17)18(23)16-2-1-9-24-16/h3-6,10,16H,1-2,7-9,11H2/t16-/m0/s1. The Hall–Kier alpha value is -1.98. The number of aromatic nitrogens is 2. The highest BCUT2D eigenvalue weighted by molar-refractivity contribution is 6.30. The first-order chi connectivity index (χ1) is 11.7. The Balaban J connectivity index is 1.53. The van der Waals surface area contributed by atoms with Crippen LogP contribution in [0, 0.1) is 0 Å². The summed E-state index contributed by atoms with van der Waals surface area (Å²) in [5.74, 6) is 0.796. The number of carbonyl (C=O) groups excluding carboxylic acids is 1. The topological polar surface area (TPSA) is 55.3 Å². The number of halogens is 1. The summed E-state index contributed by atoms with van der Waals surface area (Å²) in [6.07, 6.45) is 4.11. The molecule has 0 radical (unpaired) electrons. The summed E-state index contributed by atoms with van der Waals surface area (Å²) in [5, 5.41) is 0.694. The van der Waals surface area contributed by atoms with Crippen LogP contribution in [0.1, 0.15) is 24.1 Å². The van der Waals surface area contributed by atoms with Gasteiger partial charge in [0.1, 0.15) is 6.10 Å². The fraction of sp³-hybridized carbons (Fsp3) is 0.389. The fourth-order valence-electron chi connectivity index (χ4n) is 3.22. The molecule has 124 valence electrons. The molecule has 4 rings (SSSR count). The molecule has 0 aliphatic carbocycles. The van der Waals surface area contributed by atoms with Crippen molar-refractivity contribution >= 4 is 17.5 Å². The smallest absolute Gasteiger partial charge is 0.252 e. The molecule has 1 saturated heterocycles. The summed E-state index contributed by atoms with van der Waals surface area (Å²) in [6.45, 7) is 1.94. The second kappa shape index (κ2) is 6.49. The number of rotatable bonds is 2. The highest BCUT2D eigenvalue weighted by atomic mass is 35.5. The maximum absolute atomic E-state index is 12.5. The predicted octanol–water partition coefficient (Wildman–Crippen LogP) is 2.86. The lowest BCUT2D eigenvalue weighted by atomic mass is 10.1. The first-order valence-electron chi connectivity index (χ1n) is 8.22. The Kier molecular flexibility index (Phi) is 4.21. The molecule has 2 aliphatic rings. The van der Waals surface area contributed by atoms with Crippen molar-refractivity contribution in [3.8, 4) is 11.4 Å². The van der Waals surface area contributed by atoms with E-state index in [1.807, 2.05) is 35.4 Å². The van der Waals surface area contributed by atoms with Crippen molar-refractivity contribution in [1.29, 1.82) is 0 Å². The van der Waals surface area contributed by atoms with E-state index in [4.69, 9.17) is 16.3 Å². The normalized spacial score (nSPS) is 20.0. The van der Waals surface area contributed by atoms with Crippen molar-refractivity contribution in [2.75, 3.05) is 13.2 Å². The summed E-state index contributed by atoms with van der Waals surface area (Å²) < 4.78 is 5.51. The third-order valence-corrected chi connectivity index (χ3v) is 4.81. The molecule has 1 fully saturated rings. The third-order valence-electron chi connectivity index (χ3n) is 4.55. The summed E-state index contributed by atoms with van der Waals surface area (Å²) >= 11 is 5.93. The highest BCUT2D eigenvalue weighted by Crippen LogP contribution is 2.24. The molecule has 0 bridgehead atoms. The SMILES string of the molecule is O=C([C@@H]1CCCO1)N1CCc2nc(-c3ccc(Cl)cc3)ncc2C1. The molecule has 24 heavy (non-hydrogen) atoms. The molecule has 6 heteroatoms. The Bertz CT molecular complexity index is 757. The second-order valence-corrected chi connectivity index (χ2v) is 6.62. The molecule has 0 saturated carbocycles. The lowest BCUT2D eigenvalue weighted by Gasteiger charge is -2.30. The number of fused-ring (bicyclic) bond motifs is 1. The first-order valence-corrected chi connectivity index (χ1v) is 8.59. The molecule has 1 aromatic carbocycles. The maximum Gasteiger partial charge on any atom is 0.252 e. The van der Waals surface area contributed by atoms with Gasteiger partial charge in [0.05, 0.1) is 5.69 Å². The lowest BCUT2D eigenvalue weighted by molar-refractivity contribution is -0.141. The average molecular weight is 344 g/mol. The molecule has 0 unspecified atom stereocenters. The van der Waals surface area contributed by atoms with Crippen LogP contribution in [0.25, 0.3) is 11.4 Å². The van der Waals surface area contributed by atoms with E-state index >= 15 is 0 Å². The molecule has 3 heterocycles. The number of carbonyl (C=O) groups is 1. The Labute approximate surface area is 145 Å². The molecule has 2 aromatic rings. The van der Waals surface area contributed by atoms with E-state index in [1.54, 1.807) is 0 Å². The Morgan fingerprint density at radius 2 is 2.12 bits per heavy atom. The zero-order chi connectivity index (χ0) is 16.5. The Morgan fingerprint density at radius 3 is 2.88 bits per heavy atom. The number of hydrogen-bond acceptors (Lipinski definition) is 4. The quantitative estimate of drug-likeness (QED) is 0.841. The van der Waals surface area contributed by atoms with Crippen LogP contribution in [0.15, 0.2) is 30.5 Å². The minimum Gasteiger partial charge on any atom is -0.368 e. The van der Waals surface area contributed by atoms with E-state index in [2.05, 4.69) is 9.97 Å². The fourth-order valence-corrected chi connectivity index (χ4v) is 3.34. The van der Waals surface area contributed by atoms with Crippen LogP contribution in [0.4, 0.5) is 0 Å². The average Bonchev–Trinajstić information content (AvgIpc) is 3.15. The van der Waals surface area contributed by atoms with E-state index in [-0.39, 0.29) is 12.0 Å². The van der Waals surface area contributed by atoms with Crippen LogP contribution in [-0.4, -0.2) is 40.0 Å². The second-order valence-electron chi connectivity index (χ2n) is 6.18. The van der Waals surface area contributed by atoms with Gasteiger partial charge in [-0.25, -0.2) is 9.97 Å². The van der Waals surface area contributed by atoms with Crippen LogP contribution in [-0.2, 0) is 22.5 Å². The number of hydrogen-bond donors (Lipinski definition) is 0. The van der Waals surface area contributed by atoms with Crippen molar-refractivity contribution in [1.82, 2.24) is 14.9 Å². The van der Waals surface area contributed by atoms with Gasteiger partial charge in [-0.15, -0.1) is 0 Å². The molecule has 1 aromatic heterocycles. The van der Waals surface area contributed by atoms with Crippen molar-refractivity contribution in [2.45, 2.75) is 31.9 Å². The molecule has 2 aliphatic heterocycles. The van der Waals surface area contributed by atoms with Crippen molar-refractivity contribution < 1.29 is 9.53 Å². The van der Waals surface area contributed by atoms with Crippen LogP contribution in [0.2, 0.25) is 5.02 Å². The van der Waals surface area contributed by atoms with Crippen LogP contribution < -0.4 is 0 Å². The molecular formula is C18H18ClN3O2. The molecule has 0 spiro atoms. The Morgan fingerprint density at radius 1 is 1.29 bits per heavy atom. The largest absolute Gasteiger partial charge is 0.368 e. The van der Waals surface area contributed by atoms with E-state index in [1.165, 1.54) is 0 Å². The van der Waals surface area contributed by atoms with E-state index < -0.39 is 0 Å².